The summed E-state index contributed by atoms with van der Waals surface area (Å²) < 4.78 is 13.5. The number of hydrogen-bond donors (Lipinski definition) is 2. The van der Waals surface area contributed by atoms with Gasteiger partial charge in [-0.1, -0.05) is 12.1 Å². The van der Waals surface area contributed by atoms with Gasteiger partial charge in [-0.15, -0.1) is 0 Å². The van der Waals surface area contributed by atoms with Crippen LogP contribution in [0.15, 0.2) is 72.8 Å². The molecule has 0 spiro atoms. The second-order valence-corrected chi connectivity index (χ2v) is 7.60. The van der Waals surface area contributed by atoms with Gasteiger partial charge >= 0.3 is 17.1 Å². The van der Waals surface area contributed by atoms with Gasteiger partial charge in [0.15, 0.2) is 0 Å². The van der Waals surface area contributed by atoms with Crippen molar-refractivity contribution in [3.63, 3.8) is 0 Å². The molecule has 8 heteroatoms. The van der Waals surface area contributed by atoms with E-state index < -0.39 is 0 Å². The molecule has 0 amide bonds. The number of nitrogens with one attached hydrogen (secondary N) is 2. The van der Waals surface area contributed by atoms with Gasteiger partial charge in [0.2, 0.25) is 0 Å². The number of nitrogens with zero attached hydrogens (tertiary/aromatic N) is 2. The Kier molecular flexibility index (Phi) is 7.80. The van der Waals surface area contributed by atoms with E-state index in [-0.39, 0.29) is 47.7 Å². The van der Waals surface area contributed by atoms with Crippen molar-refractivity contribution >= 4 is 45.9 Å². The van der Waals surface area contributed by atoms with Crippen molar-refractivity contribution in [3.8, 4) is 0 Å². The molecule has 8 bridgehead atoms. The first-order chi connectivity index (χ1) is 15.2. The molecule has 2 aliphatic rings. The molecule has 0 unspecified atom stereocenters. The van der Waals surface area contributed by atoms with Crippen molar-refractivity contribution in [3.05, 3.63) is 107 Å². The molecule has 0 saturated carbocycles. The Hall–Kier alpha value is -3.15. The average molecular weight is 531 g/mol. The zero-order valence-corrected chi connectivity index (χ0v) is 20.2. The molecule has 0 aliphatic carbocycles. The summed E-state index contributed by atoms with van der Waals surface area (Å²) in [5, 5.41) is 0. The minimum atomic E-state index is -0.255. The van der Waals surface area contributed by atoms with Gasteiger partial charge in [0, 0.05) is 27.6 Å². The van der Waals surface area contributed by atoms with Crippen LogP contribution in [-0.2, 0) is 17.1 Å². The Bertz CT molecular complexity index is 1550. The number of benzene rings is 1. The fourth-order valence-corrected chi connectivity index (χ4v) is 3.87. The molecule has 34 heavy (non-hydrogen) atoms. The number of rotatable bonds is 1. The van der Waals surface area contributed by atoms with Crippen LogP contribution in [0.1, 0.15) is 28.3 Å². The largest absolute Gasteiger partial charge is 2.00 e. The Morgan fingerprint density at radius 2 is 1.09 bits per heavy atom. The fourth-order valence-electron chi connectivity index (χ4n) is 3.87. The molecule has 2 aliphatic heterocycles. The molecule has 5 heterocycles. The summed E-state index contributed by atoms with van der Waals surface area (Å²) in [7, 11) is 0. The first-order valence-electron chi connectivity index (χ1n) is 10.0. The summed E-state index contributed by atoms with van der Waals surface area (Å²) in [6.45, 7) is 0. The van der Waals surface area contributed by atoms with Crippen LogP contribution < -0.4 is 24.8 Å². The van der Waals surface area contributed by atoms with Crippen molar-refractivity contribution in [2.75, 3.05) is 0 Å². The van der Waals surface area contributed by atoms with Gasteiger partial charge in [0.1, 0.15) is 5.82 Å². The molecule has 0 fully saturated rings. The van der Waals surface area contributed by atoms with Crippen molar-refractivity contribution in [2.45, 2.75) is 0 Å². The van der Waals surface area contributed by atoms with Crippen LogP contribution in [-0.4, -0.2) is 19.9 Å². The van der Waals surface area contributed by atoms with Crippen molar-refractivity contribution in [2.24, 2.45) is 0 Å². The van der Waals surface area contributed by atoms with E-state index >= 15 is 0 Å². The molecule has 170 valence electrons. The Morgan fingerprint density at radius 3 is 1.65 bits per heavy atom. The Morgan fingerprint density at radius 1 is 0.588 bits per heavy atom. The van der Waals surface area contributed by atoms with E-state index in [0.717, 1.165) is 56.0 Å². The molecule has 0 atom stereocenters. The van der Waals surface area contributed by atoms with E-state index in [2.05, 4.69) is 15.0 Å². The summed E-state index contributed by atoms with van der Waals surface area (Å²) in [4.78, 5) is 16.3. The Labute approximate surface area is 218 Å². The van der Waals surface area contributed by atoms with E-state index in [1.165, 1.54) is 12.1 Å². The van der Waals surface area contributed by atoms with Gasteiger partial charge in [-0.3, -0.25) is 0 Å². The fraction of sp³-hybridized carbons (Fsp3) is 0. The van der Waals surface area contributed by atoms with E-state index in [0.29, 0.717) is 0 Å². The van der Waals surface area contributed by atoms with Gasteiger partial charge in [-0.25, -0.2) is 14.4 Å². The second kappa shape index (κ2) is 10.4. The zero-order chi connectivity index (χ0) is 20.8. The number of aromatic amines is 2. The van der Waals surface area contributed by atoms with Crippen LogP contribution in [0.25, 0.3) is 45.9 Å². The molecule has 4 nitrogen and oxygen atoms in total. The smallest absolute Gasteiger partial charge is 1.00 e. The minimum absolute atomic E-state index is 0. The molecule has 6 rings (SSSR count). The average Bonchev–Trinajstić information content (AvgIpc) is 3.54. The molecule has 2 N–H and O–H groups in total. The van der Waals surface area contributed by atoms with Gasteiger partial charge in [0.05, 0.1) is 22.8 Å². The minimum Gasteiger partial charge on any atom is -1.00 e. The maximum atomic E-state index is 13.5. The molecule has 0 saturated heterocycles. The van der Waals surface area contributed by atoms with E-state index in [1.807, 2.05) is 66.8 Å². The van der Waals surface area contributed by atoms with Gasteiger partial charge in [0.25, 0.3) is 0 Å². The van der Waals surface area contributed by atoms with Crippen LogP contribution >= 0.6 is 0 Å². The third-order valence-electron chi connectivity index (χ3n) is 5.32. The topological polar surface area (TPSA) is 57.4 Å². The standard InChI is InChI=1S/C26H17FN4.2ClH.Fe/c27-17-3-1-16(2-4-17)25-14-24-13-22-8-7-20(29-22)11-18-5-6-19(28-18)12-21-9-10-23(30-21)15-26(25)31-24;;;/h1-15,29-30H;2*1H;/q;;;+2/p-2. The molecular formula is C26H17Cl2FFeN4. The van der Waals surface area contributed by atoms with Gasteiger partial charge in [-0.2, -0.15) is 0 Å². The zero-order valence-electron chi connectivity index (χ0n) is 17.5. The number of hydrogen-bond acceptors (Lipinski definition) is 2. The van der Waals surface area contributed by atoms with Crippen LogP contribution in [0, 0.1) is 5.82 Å². The van der Waals surface area contributed by atoms with Crippen molar-refractivity contribution in [1.82, 2.24) is 19.9 Å². The van der Waals surface area contributed by atoms with Gasteiger partial charge in [-0.05, 0) is 84.5 Å². The van der Waals surface area contributed by atoms with Crippen LogP contribution in [0.4, 0.5) is 4.39 Å². The van der Waals surface area contributed by atoms with Crippen LogP contribution in [0.2, 0.25) is 0 Å². The summed E-state index contributed by atoms with van der Waals surface area (Å²) >= 11 is 0. The van der Waals surface area contributed by atoms with Crippen molar-refractivity contribution in [1.29, 1.82) is 0 Å². The van der Waals surface area contributed by atoms with E-state index in [4.69, 9.17) is 4.98 Å². The molecule has 1 aromatic carbocycles. The maximum absolute atomic E-state index is 13.5. The Balaban J connectivity index is 0.00000108. The summed E-state index contributed by atoms with van der Waals surface area (Å²) in [6, 6.07) is 22.6. The molecular weight excluding hydrogens is 514 g/mol. The maximum Gasteiger partial charge on any atom is 2.00 e. The molecule has 3 aromatic heterocycles. The molecule has 0 radical (unpaired) electrons. The predicted molar refractivity (Wildman–Crippen MR) is 123 cm³/mol. The predicted octanol–water partition coefficient (Wildman–Crippen LogP) is 0.219. The first-order valence-corrected chi connectivity index (χ1v) is 10.0. The summed E-state index contributed by atoms with van der Waals surface area (Å²) in [6.07, 6.45) is 6.03. The quantitative estimate of drug-likeness (QED) is 0.299. The van der Waals surface area contributed by atoms with Crippen LogP contribution in [0.3, 0.4) is 0 Å². The summed E-state index contributed by atoms with van der Waals surface area (Å²) in [5.74, 6) is -0.255. The van der Waals surface area contributed by atoms with E-state index in [9.17, 15) is 4.39 Å². The first kappa shape index (κ1) is 25.5. The monoisotopic (exact) mass is 530 g/mol. The number of H-pyrrole nitrogens is 2. The SMILES string of the molecule is Fc1ccc(C2=Cc3cc4ccc(cc5nc(cc6ccc(cc2n3)[nH]6)C=C5)[nH]4)cc1.[Cl-].[Cl-].[Fe+2]. The third kappa shape index (κ3) is 5.16. The van der Waals surface area contributed by atoms with E-state index in [1.54, 1.807) is 12.1 Å². The number of halogens is 3. The summed E-state index contributed by atoms with van der Waals surface area (Å²) in [5.41, 5.74) is 9.15. The van der Waals surface area contributed by atoms with Crippen molar-refractivity contribution < 1.29 is 46.3 Å². The second-order valence-electron chi connectivity index (χ2n) is 7.60. The third-order valence-corrected chi connectivity index (χ3v) is 5.32. The van der Waals surface area contributed by atoms with Crippen LogP contribution in [0.5, 0.6) is 0 Å². The van der Waals surface area contributed by atoms with Gasteiger partial charge < -0.3 is 34.8 Å². The molecule has 4 aromatic rings. The number of fused-ring (bicyclic) bond motifs is 8. The number of aromatic nitrogens is 4. The normalized spacial score (nSPS) is 11.6.